The standard InChI is InChI=1S/C17H24N2O5S3/c20-17(12-25-16-6-11-26(21,22)14-16)18-7-9-19(10-8-18)27(23,24)13-15-4-2-1-3-5-15/h1-5,16H,6-14H2. The summed E-state index contributed by atoms with van der Waals surface area (Å²) in [6.45, 7) is 1.33. The lowest BCUT2D eigenvalue weighted by Gasteiger charge is -2.34. The summed E-state index contributed by atoms with van der Waals surface area (Å²) in [6, 6.07) is 9.05. The van der Waals surface area contributed by atoms with Gasteiger partial charge in [-0.2, -0.15) is 4.31 Å². The number of rotatable bonds is 6. The molecule has 2 aliphatic rings. The molecule has 0 aromatic heterocycles. The highest BCUT2D eigenvalue weighted by atomic mass is 32.2. The maximum Gasteiger partial charge on any atom is 0.232 e. The fourth-order valence-corrected chi connectivity index (χ4v) is 8.33. The van der Waals surface area contributed by atoms with E-state index in [0.29, 0.717) is 32.6 Å². The fraction of sp³-hybridized carbons (Fsp3) is 0.588. The molecule has 2 fully saturated rings. The molecule has 0 spiro atoms. The van der Waals surface area contributed by atoms with Crippen LogP contribution in [0.3, 0.4) is 0 Å². The second kappa shape index (κ2) is 8.50. The van der Waals surface area contributed by atoms with Crippen LogP contribution in [0.15, 0.2) is 30.3 Å². The first-order valence-corrected chi connectivity index (χ1v) is 13.3. The average Bonchev–Trinajstić information content (AvgIpc) is 2.99. The maximum atomic E-state index is 12.6. The molecule has 1 atom stereocenters. The van der Waals surface area contributed by atoms with Crippen LogP contribution in [0.4, 0.5) is 0 Å². The molecule has 150 valence electrons. The van der Waals surface area contributed by atoms with Gasteiger partial charge in [0.15, 0.2) is 9.84 Å². The number of hydrogen-bond donors (Lipinski definition) is 0. The van der Waals surface area contributed by atoms with E-state index < -0.39 is 19.9 Å². The zero-order valence-electron chi connectivity index (χ0n) is 15.0. The second-order valence-corrected chi connectivity index (χ2v) is 12.3. The Morgan fingerprint density at radius 1 is 1.11 bits per heavy atom. The molecule has 0 aliphatic carbocycles. The van der Waals surface area contributed by atoms with E-state index in [2.05, 4.69) is 0 Å². The molecule has 0 saturated carbocycles. The van der Waals surface area contributed by atoms with Crippen molar-refractivity contribution < 1.29 is 21.6 Å². The summed E-state index contributed by atoms with van der Waals surface area (Å²) < 4.78 is 49.5. The van der Waals surface area contributed by atoms with Crippen LogP contribution in [0.25, 0.3) is 0 Å². The molecule has 2 heterocycles. The summed E-state index contributed by atoms with van der Waals surface area (Å²) in [4.78, 5) is 14.0. The van der Waals surface area contributed by atoms with E-state index in [1.54, 1.807) is 17.0 Å². The minimum absolute atomic E-state index is 0.00788. The van der Waals surface area contributed by atoms with Crippen molar-refractivity contribution in [2.24, 2.45) is 0 Å². The lowest BCUT2D eigenvalue weighted by atomic mass is 10.2. The highest BCUT2D eigenvalue weighted by Gasteiger charge is 2.31. The van der Waals surface area contributed by atoms with Crippen molar-refractivity contribution in [3.63, 3.8) is 0 Å². The van der Waals surface area contributed by atoms with Gasteiger partial charge in [0.2, 0.25) is 15.9 Å². The minimum Gasteiger partial charge on any atom is -0.339 e. The number of amides is 1. The van der Waals surface area contributed by atoms with Crippen LogP contribution in [-0.2, 0) is 30.4 Å². The lowest BCUT2D eigenvalue weighted by Crippen LogP contribution is -2.51. The smallest absolute Gasteiger partial charge is 0.232 e. The van der Waals surface area contributed by atoms with Crippen LogP contribution in [-0.4, -0.2) is 80.6 Å². The number of sulfonamides is 1. The number of sulfone groups is 1. The third-order valence-electron chi connectivity index (χ3n) is 4.81. The molecule has 2 aliphatic heterocycles. The van der Waals surface area contributed by atoms with E-state index in [1.165, 1.54) is 16.1 Å². The average molecular weight is 433 g/mol. The van der Waals surface area contributed by atoms with Gasteiger partial charge in [-0.05, 0) is 12.0 Å². The highest BCUT2D eigenvalue weighted by Crippen LogP contribution is 2.24. The molecule has 10 heteroatoms. The van der Waals surface area contributed by atoms with Crippen molar-refractivity contribution in [1.82, 2.24) is 9.21 Å². The number of hydrogen-bond acceptors (Lipinski definition) is 6. The summed E-state index contributed by atoms with van der Waals surface area (Å²) in [6.07, 6.45) is 0.603. The largest absolute Gasteiger partial charge is 0.339 e. The molecule has 27 heavy (non-hydrogen) atoms. The Labute approximate surface area is 165 Å². The van der Waals surface area contributed by atoms with Gasteiger partial charge < -0.3 is 4.90 Å². The first-order chi connectivity index (χ1) is 12.8. The van der Waals surface area contributed by atoms with Crippen molar-refractivity contribution in [2.45, 2.75) is 17.4 Å². The maximum absolute atomic E-state index is 12.6. The van der Waals surface area contributed by atoms with Crippen molar-refractivity contribution in [3.8, 4) is 0 Å². The minimum atomic E-state index is -3.40. The quantitative estimate of drug-likeness (QED) is 0.653. The zero-order chi connectivity index (χ0) is 19.5. The Kier molecular flexibility index (Phi) is 6.50. The number of carbonyl (C=O) groups excluding carboxylic acids is 1. The molecule has 2 saturated heterocycles. The van der Waals surface area contributed by atoms with Crippen LogP contribution < -0.4 is 0 Å². The van der Waals surface area contributed by atoms with Gasteiger partial charge in [-0.15, -0.1) is 11.8 Å². The number of carbonyl (C=O) groups is 1. The van der Waals surface area contributed by atoms with Crippen molar-refractivity contribution in [2.75, 3.05) is 43.4 Å². The van der Waals surface area contributed by atoms with Crippen LogP contribution in [0.5, 0.6) is 0 Å². The zero-order valence-corrected chi connectivity index (χ0v) is 17.4. The van der Waals surface area contributed by atoms with Crippen molar-refractivity contribution >= 4 is 37.5 Å². The van der Waals surface area contributed by atoms with Gasteiger partial charge in [-0.25, -0.2) is 16.8 Å². The molecule has 3 rings (SSSR count). The van der Waals surface area contributed by atoms with Gasteiger partial charge in [0, 0.05) is 31.4 Å². The Morgan fingerprint density at radius 2 is 1.78 bits per heavy atom. The van der Waals surface area contributed by atoms with Crippen LogP contribution in [0, 0.1) is 0 Å². The second-order valence-electron chi connectivity index (χ2n) is 6.86. The molecule has 7 nitrogen and oxygen atoms in total. The third-order valence-corrected chi connectivity index (χ3v) is 9.93. The molecular formula is C17H24N2O5S3. The number of nitrogens with zero attached hydrogens (tertiary/aromatic N) is 2. The Bertz CT molecular complexity index is 863. The monoisotopic (exact) mass is 432 g/mol. The van der Waals surface area contributed by atoms with Gasteiger partial charge >= 0.3 is 0 Å². The number of piperazine rings is 1. The topological polar surface area (TPSA) is 91.8 Å². The molecule has 1 aromatic rings. The van der Waals surface area contributed by atoms with E-state index >= 15 is 0 Å². The molecular weight excluding hydrogens is 408 g/mol. The highest BCUT2D eigenvalue weighted by molar-refractivity contribution is 8.02. The van der Waals surface area contributed by atoms with Gasteiger partial charge in [-0.1, -0.05) is 30.3 Å². The predicted molar refractivity (Wildman–Crippen MR) is 107 cm³/mol. The van der Waals surface area contributed by atoms with Crippen LogP contribution in [0.1, 0.15) is 12.0 Å². The molecule has 1 amide bonds. The van der Waals surface area contributed by atoms with Gasteiger partial charge in [0.1, 0.15) is 0 Å². The van der Waals surface area contributed by atoms with Crippen LogP contribution >= 0.6 is 11.8 Å². The summed E-state index contributed by atoms with van der Waals surface area (Å²) in [7, 11) is -6.34. The number of thioether (sulfide) groups is 1. The van der Waals surface area contributed by atoms with Gasteiger partial charge in [0.25, 0.3) is 0 Å². The molecule has 0 N–H and O–H groups in total. The summed E-state index contributed by atoms with van der Waals surface area (Å²) in [5.41, 5.74) is 0.749. The van der Waals surface area contributed by atoms with Gasteiger partial charge in [-0.3, -0.25) is 4.79 Å². The number of benzene rings is 1. The predicted octanol–water partition coefficient (Wildman–Crippen LogP) is 0.581. The fourth-order valence-electron chi connectivity index (χ4n) is 3.26. The Hall–Kier alpha value is -1.10. The molecule has 1 aromatic carbocycles. The summed E-state index contributed by atoms with van der Waals surface area (Å²) >= 11 is 1.39. The van der Waals surface area contributed by atoms with Gasteiger partial charge in [0.05, 0.1) is 23.0 Å². The van der Waals surface area contributed by atoms with E-state index in [0.717, 1.165) is 5.56 Å². The van der Waals surface area contributed by atoms with Crippen LogP contribution in [0.2, 0.25) is 0 Å². The normalized spacial score (nSPS) is 23.4. The molecule has 0 bridgehead atoms. The van der Waals surface area contributed by atoms with Crippen molar-refractivity contribution in [1.29, 1.82) is 0 Å². The Balaban J connectivity index is 1.46. The van der Waals surface area contributed by atoms with E-state index in [-0.39, 0.29) is 34.2 Å². The van der Waals surface area contributed by atoms with E-state index in [9.17, 15) is 21.6 Å². The first kappa shape index (κ1) is 20.6. The van der Waals surface area contributed by atoms with E-state index in [4.69, 9.17) is 0 Å². The SMILES string of the molecule is O=C(CSC1CCS(=O)(=O)C1)N1CCN(S(=O)(=O)Cc2ccccc2)CC1. The summed E-state index contributed by atoms with van der Waals surface area (Å²) in [5, 5.41) is -0.00788. The molecule has 0 radical (unpaired) electrons. The lowest BCUT2D eigenvalue weighted by molar-refractivity contribution is -0.129. The molecule has 1 unspecified atom stereocenters. The van der Waals surface area contributed by atoms with E-state index in [1.807, 2.05) is 18.2 Å². The first-order valence-electron chi connectivity index (χ1n) is 8.87. The third kappa shape index (κ3) is 5.69. The van der Waals surface area contributed by atoms with Crippen molar-refractivity contribution in [3.05, 3.63) is 35.9 Å². The Morgan fingerprint density at radius 3 is 2.37 bits per heavy atom. The summed E-state index contributed by atoms with van der Waals surface area (Å²) in [5.74, 6) is 0.516.